The number of nitrogens with one attached hydrogen (secondary N) is 1. The topological polar surface area (TPSA) is 12.0 Å². The molecule has 0 saturated heterocycles. The lowest BCUT2D eigenvalue weighted by atomic mass is 10.1. The molecular weight excluding hydrogens is 190 g/mol. The third-order valence-electron chi connectivity index (χ3n) is 2.54. The van der Waals surface area contributed by atoms with Crippen molar-refractivity contribution in [1.29, 1.82) is 0 Å². The van der Waals surface area contributed by atoms with Gasteiger partial charge in [-0.2, -0.15) is 11.8 Å². The van der Waals surface area contributed by atoms with Crippen LogP contribution in [0.2, 0.25) is 0 Å². The molecule has 0 saturated carbocycles. The van der Waals surface area contributed by atoms with E-state index in [1.807, 2.05) is 17.8 Å². The fraction of sp³-hybridized carbons (Fsp3) is 0.833. The average Bonchev–Trinajstić information content (AvgIpc) is 2.22. The Morgan fingerprint density at radius 3 is 2.64 bits per heavy atom. The fourth-order valence-corrected chi connectivity index (χ4v) is 2.07. The number of rotatable bonds is 10. The van der Waals surface area contributed by atoms with Crippen LogP contribution < -0.4 is 5.32 Å². The van der Waals surface area contributed by atoms with E-state index in [0.29, 0.717) is 0 Å². The lowest BCUT2D eigenvalue weighted by molar-refractivity contribution is 0.480. The van der Waals surface area contributed by atoms with Gasteiger partial charge in [0.1, 0.15) is 0 Å². The van der Waals surface area contributed by atoms with Gasteiger partial charge in [-0.1, -0.05) is 18.9 Å². The maximum absolute atomic E-state index is 3.74. The summed E-state index contributed by atoms with van der Waals surface area (Å²) in [5.74, 6) is 1.28. The highest BCUT2D eigenvalue weighted by molar-refractivity contribution is 7.98. The van der Waals surface area contributed by atoms with E-state index in [4.69, 9.17) is 0 Å². The standard InChI is InChI=1S/C12H25NS/c1-4-5-6-7-8-9-12(13-2)10-11-14-3/h4,12-13H,1,5-11H2,2-3H3. The summed E-state index contributed by atoms with van der Waals surface area (Å²) in [6, 6.07) is 0.728. The van der Waals surface area contributed by atoms with Crippen LogP contribution in [0, 0.1) is 0 Å². The Balaban J connectivity index is 3.28. The summed E-state index contributed by atoms with van der Waals surface area (Å²) < 4.78 is 0. The average molecular weight is 215 g/mol. The van der Waals surface area contributed by atoms with Gasteiger partial charge in [-0.3, -0.25) is 0 Å². The summed E-state index contributed by atoms with van der Waals surface area (Å²) in [4.78, 5) is 0. The Hall–Kier alpha value is 0.0500. The van der Waals surface area contributed by atoms with Gasteiger partial charge in [0.25, 0.3) is 0 Å². The molecule has 0 radical (unpaired) electrons. The first-order valence-electron chi connectivity index (χ1n) is 5.62. The molecule has 0 aliphatic carbocycles. The van der Waals surface area contributed by atoms with E-state index in [1.165, 1.54) is 44.3 Å². The smallest absolute Gasteiger partial charge is 0.00719 e. The molecule has 84 valence electrons. The number of unbranched alkanes of at least 4 members (excludes halogenated alkanes) is 3. The summed E-state index contributed by atoms with van der Waals surface area (Å²) in [5.41, 5.74) is 0. The monoisotopic (exact) mass is 215 g/mol. The minimum Gasteiger partial charge on any atom is -0.317 e. The van der Waals surface area contributed by atoms with E-state index in [0.717, 1.165) is 6.04 Å². The van der Waals surface area contributed by atoms with Gasteiger partial charge >= 0.3 is 0 Å². The van der Waals surface area contributed by atoms with Crippen LogP contribution in [0.15, 0.2) is 12.7 Å². The number of thioether (sulfide) groups is 1. The lowest BCUT2D eigenvalue weighted by Gasteiger charge is -2.14. The van der Waals surface area contributed by atoms with Gasteiger partial charge < -0.3 is 5.32 Å². The van der Waals surface area contributed by atoms with Gasteiger partial charge in [-0.05, 0) is 44.7 Å². The Labute approximate surface area is 93.7 Å². The molecule has 0 spiro atoms. The normalized spacial score (nSPS) is 12.7. The zero-order chi connectivity index (χ0) is 10.6. The predicted octanol–water partition coefficient (Wildman–Crippen LogP) is 3.46. The molecule has 14 heavy (non-hydrogen) atoms. The third kappa shape index (κ3) is 8.64. The maximum Gasteiger partial charge on any atom is 0.00719 e. The van der Waals surface area contributed by atoms with Crippen molar-refractivity contribution in [3.8, 4) is 0 Å². The van der Waals surface area contributed by atoms with Crippen LogP contribution in [0.25, 0.3) is 0 Å². The summed E-state index contributed by atoms with van der Waals surface area (Å²) >= 11 is 1.94. The van der Waals surface area contributed by atoms with Crippen molar-refractivity contribution >= 4 is 11.8 Å². The van der Waals surface area contributed by atoms with Crippen LogP contribution in [0.3, 0.4) is 0 Å². The molecule has 1 nitrogen and oxygen atoms in total. The number of hydrogen-bond donors (Lipinski definition) is 1. The predicted molar refractivity (Wildman–Crippen MR) is 69.1 cm³/mol. The summed E-state index contributed by atoms with van der Waals surface area (Å²) in [6.45, 7) is 3.74. The van der Waals surface area contributed by atoms with Gasteiger partial charge in [-0.15, -0.1) is 6.58 Å². The van der Waals surface area contributed by atoms with Crippen molar-refractivity contribution in [3.05, 3.63) is 12.7 Å². The maximum atomic E-state index is 3.74. The van der Waals surface area contributed by atoms with Crippen molar-refractivity contribution in [2.24, 2.45) is 0 Å². The van der Waals surface area contributed by atoms with E-state index < -0.39 is 0 Å². The van der Waals surface area contributed by atoms with E-state index in [2.05, 4.69) is 25.2 Å². The van der Waals surface area contributed by atoms with Gasteiger partial charge in [0.05, 0.1) is 0 Å². The second-order valence-corrected chi connectivity index (χ2v) is 4.68. The third-order valence-corrected chi connectivity index (χ3v) is 3.18. The van der Waals surface area contributed by atoms with E-state index in [-0.39, 0.29) is 0 Å². The molecule has 0 rings (SSSR count). The molecule has 0 fully saturated rings. The van der Waals surface area contributed by atoms with E-state index >= 15 is 0 Å². The van der Waals surface area contributed by atoms with Crippen LogP contribution in [-0.4, -0.2) is 25.1 Å². The summed E-state index contributed by atoms with van der Waals surface area (Å²) in [7, 11) is 2.08. The molecule has 0 bridgehead atoms. The van der Waals surface area contributed by atoms with Crippen LogP contribution >= 0.6 is 11.8 Å². The zero-order valence-corrected chi connectivity index (χ0v) is 10.5. The summed E-state index contributed by atoms with van der Waals surface area (Å²) in [6.07, 6.45) is 12.0. The highest BCUT2D eigenvalue weighted by atomic mass is 32.2. The largest absolute Gasteiger partial charge is 0.317 e. The summed E-state index contributed by atoms with van der Waals surface area (Å²) in [5, 5.41) is 3.39. The molecule has 0 amide bonds. The van der Waals surface area contributed by atoms with E-state index in [1.54, 1.807) is 0 Å². The molecule has 2 heteroatoms. The molecule has 0 aromatic heterocycles. The Bertz CT molecular complexity index is 125. The van der Waals surface area contributed by atoms with Crippen LogP contribution in [0.1, 0.15) is 38.5 Å². The minimum atomic E-state index is 0.728. The molecule has 1 atom stereocenters. The highest BCUT2D eigenvalue weighted by Gasteiger charge is 2.04. The Morgan fingerprint density at radius 2 is 2.07 bits per heavy atom. The number of allylic oxidation sites excluding steroid dienone is 1. The van der Waals surface area contributed by atoms with Crippen LogP contribution in [0.4, 0.5) is 0 Å². The quantitative estimate of drug-likeness (QED) is 0.442. The second-order valence-electron chi connectivity index (χ2n) is 3.69. The van der Waals surface area contributed by atoms with Gasteiger partial charge in [-0.25, -0.2) is 0 Å². The van der Waals surface area contributed by atoms with Gasteiger partial charge in [0.2, 0.25) is 0 Å². The molecule has 0 heterocycles. The SMILES string of the molecule is C=CCCCCCC(CCSC)NC. The van der Waals surface area contributed by atoms with Gasteiger partial charge in [0, 0.05) is 6.04 Å². The molecule has 0 aromatic carbocycles. The van der Waals surface area contributed by atoms with Crippen molar-refractivity contribution < 1.29 is 0 Å². The van der Waals surface area contributed by atoms with Crippen molar-refractivity contribution in [2.45, 2.75) is 44.6 Å². The second kappa shape index (κ2) is 11.1. The molecule has 0 aliphatic heterocycles. The van der Waals surface area contributed by atoms with Crippen molar-refractivity contribution in [3.63, 3.8) is 0 Å². The first kappa shape index (κ1) is 14.1. The first-order valence-corrected chi connectivity index (χ1v) is 7.01. The molecule has 1 N–H and O–H groups in total. The van der Waals surface area contributed by atoms with Crippen molar-refractivity contribution in [1.82, 2.24) is 5.32 Å². The molecule has 0 aromatic rings. The van der Waals surface area contributed by atoms with Crippen molar-refractivity contribution in [2.75, 3.05) is 19.1 Å². The number of hydrogen-bond acceptors (Lipinski definition) is 2. The Kier molecular flexibility index (Phi) is 11.2. The lowest BCUT2D eigenvalue weighted by Crippen LogP contribution is -2.25. The van der Waals surface area contributed by atoms with Crippen LogP contribution in [-0.2, 0) is 0 Å². The van der Waals surface area contributed by atoms with E-state index in [9.17, 15) is 0 Å². The molecular formula is C12H25NS. The fourth-order valence-electron chi connectivity index (χ4n) is 1.55. The minimum absolute atomic E-state index is 0.728. The molecule has 1 unspecified atom stereocenters. The first-order chi connectivity index (χ1) is 6.85. The highest BCUT2D eigenvalue weighted by Crippen LogP contribution is 2.10. The zero-order valence-electron chi connectivity index (χ0n) is 9.72. The van der Waals surface area contributed by atoms with Crippen LogP contribution in [0.5, 0.6) is 0 Å². The Morgan fingerprint density at radius 1 is 1.29 bits per heavy atom. The molecule has 0 aliphatic rings. The van der Waals surface area contributed by atoms with Gasteiger partial charge in [0.15, 0.2) is 0 Å².